The van der Waals surface area contributed by atoms with E-state index in [1.807, 2.05) is 0 Å². The van der Waals surface area contributed by atoms with E-state index < -0.39 is 17.4 Å². The van der Waals surface area contributed by atoms with Crippen LogP contribution in [0, 0.1) is 0 Å². The number of thiazole rings is 1. The molecule has 2 aliphatic heterocycles. The van der Waals surface area contributed by atoms with Crippen LogP contribution in [0.2, 0.25) is 0 Å². The van der Waals surface area contributed by atoms with E-state index in [0.29, 0.717) is 5.13 Å². The van der Waals surface area contributed by atoms with Crippen LogP contribution in [0.5, 0.6) is 0 Å². The fourth-order valence-electron chi connectivity index (χ4n) is 3.41. The van der Waals surface area contributed by atoms with Gasteiger partial charge in [-0.1, -0.05) is 11.3 Å². The van der Waals surface area contributed by atoms with Gasteiger partial charge in [-0.3, -0.25) is 24.1 Å². The Bertz CT molecular complexity index is 1030. The summed E-state index contributed by atoms with van der Waals surface area (Å²) in [6.07, 6.45) is 1.56. The van der Waals surface area contributed by atoms with E-state index >= 15 is 0 Å². The number of carboxylic acids is 1. The van der Waals surface area contributed by atoms with E-state index in [4.69, 9.17) is 0 Å². The molecule has 2 aliphatic rings. The fraction of sp³-hybridized carbons (Fsp3) is 0.438. The van der Waals surface area contributed by atoms with Gasteiger partial charge in [-0.2, -0.15) is 0 Å². The Hall–Kier alpha value is -1.58. The minimum atomic E-state index is -1.45. The number of nitrogens with zero attached hydrogens (tertiary/aromatic N) is 5. The molecule has 160 valence electrons. The van der Waals surface area contributed by atoms with Crippen LogP contribution >= 0.6 is 34.4 Å². The molecule has 2 unspecified atom stereocenters. The standard InChI is InChI=1S/C16H16N6O5S3.Na.H/c1-7(23)18-14-20-19-12(30-14)16(13(26)27)5-21-10(25)9(11(21)29-6-16)22(8(2)24)15-17-3-4-28-15;;/h3-4,9,11H,5-6H2,1-2H3,(H,26,27)(H,18,20,23);;/t9?,11-,16?;;/m1../s1. The van der Waals surface area contributed by atoms with E-state index in [1.165, 1.54) is 46.7 Å². The molecular weight excluding hydrogens is 475 g/mol. The molecule has 0 aromatic carbocycles. The average molecular weight is 493 g/mol. The van der Waals surface area contributed by atoms with E-state index in [1.54, 1.807) is 11.6 Å². The maximum absolute atomic E-state index is 12.9. The van der Waals surface area contributed by atoms with Crippen molar-refractivity contribution >= 4 is 97.9 Å². The molecule has 2 N–H and O–H groups in total. The summed E-state index contributed by atoms with van der Waals surface area (Å²) in [7, 11) is 0. The Morgan fingerprint density at radius 3 is 2.65 bits per heavy atom. The van der Waals surface area contributed by atoms with Crippen LogP contribution in [-0.4, -0.2) is 102 Å². The van der Waals surface area contributed by atoms with E-state index in [-0.39, 0.29) is 75.1 Å². The summed E-state index contributed by atoms with van der Waals surface area (Å²) in [6, 6.07) is -0.727. The molecule has 15 heteroatoms. The molecule has 31 heavy (non-hydrogen) atoms. The average Bonchev–Trinajstić information content (AvgIpc) is 3.36. The van der Waals surface area contributed by atoms with Gasteiger partial charge in [0.05, 0.1) is 0 Å². The molecule has 0 aliphatic carbocycles. The van der Waals surface area contributed by atoms with Crippen LogP contribution in [0.15, 0.2) is 11.6 Å². The van der Waals surface area contributed by atoms with E-state index in [0.717, 1.165) is 11.3 Å². The van der Waals surface area contributed by atoms with Crippen LogP contribution in [0.4, 0.5) is 10.3 Å². The second-order valence-corrected chi connectivity index (χ2v) is 9.75. The molecule has 0 radical (unpaired) electrons. The van der Waals surface area contributed by atoms with Gasteiger partial charge < -0.3 is 15.3 Å². The van der Waals surface area contributed by atoms with Gasteiger partial charge in [-0.15, -0.1) is 33.3 Å². The summed E-state index contributed by atoms with van der Waals surface area (Å²) in [6.45, 7) is 2.60. The molecule has 2 fully saturated rings. The molecule has 2 saturated heterocycles. The van der Waals surface area contributed by atoms with Crippen LogP contribution in [0.25, 0.3) is 0 Å². The fourth-order valence-corrected chi connectivity index (χ4v) is 6.77. The Morgan fingerprint density at radius 1 is 1.32 bits per heavy atom. The van der Waals surface area contributed by atoms with Gasteiger partial charge in [0, 0.05) is 37.7 Å². The summed E-state index contributed by atoms with van der Waals surface area (Å²) in [5, 5.41) is 22.5. The number of hydrogen-bond donors (Lipinski definition) is 2. The summed E-state index contributed by atoms with van der Waals surface area (Å²) in [4.78, 5) is 55.6. The number of fused-ring (bicyclic) bond motifs is 1. The minimum absolute atomic E-state index is 0. The Labute approximate surface area is 210 Å². The molecule has 0 bridgehead atoms. The third-order valence-corrected chi connectivity index (χ3v) is 8.15. The van der Waals surface area contributed by atoms with Crippen molar-refractivity contribution in [2.45, 2.75) is 30.7 Å². The van der Waals surface area contributed by atoms with E-state index in [2.05, 4.69) is 20.5 Å². The van der Waals surface area contributed by atoms with Crippen molar-refractivity contribution in [2.24, 2.45) is 0 Å². The van der Waals surface area contributed by atoms with Crippen LogP contribution < -0.4 is 10.2 Å². The number of nitrogens with one attached hydrogen (secondary N) is 1. The number of hydrogen-bond acceptors (Lipinski definition) is 10. The summed E-state index contributed by atoms with van der Waals surface area (Å²) in [5.41, 5.74) is -1.45. The van der Waals surface area contributed by atoms with Crippen molar-refractivity contribution in [3.63, 3.8) is 0 Å². The second kappa shape index (κ2) is 9.11. The van der Waals surface area contributed by atoms with Crippen LogP contribution in [0.3, 0.4) is 0 Å². The Kier molecular flexibility index (Phi) is 7.08. The SMILES string of the molecule is CC(=O)Nc1nnc(C2(C(=O)O)CS[C@@H]3C(N(C(C)=O)c4nccs4)C(=O)N3C2)s1.[NaH]. The summed E-state index contributed by atoms with van der Waals surface area (Å²) in [5.74, 6) is -1.96. The van der Waals surface area contributed by atoms with Crippen LogP contribution in [-0.2, 0) is 24.6 Å². The zero-order chi connectivity index (χ0) is 21.6. The van der Waals surface area contributed by atoms with Gasteiger partial charge in [0.15, 0.2) is 5.13 Å². The molecule has 0 saturated carbocycles. The topological polar surface area (TPSA) is 146 Å². The normalized spacial score (nSPS) is 24.5. The first-order valence-electron chi connectivity index (χ1n) is 8.71. The number of aromatic nitrogens is 3. The molecule has 3 atom stereocenters. The zero-order valence-electron chi connectivity index (χ0n) is 15.8. The van der Waals surface area contributed by atoms with Crippen molar-refractivity contribution < 1.29 is 24.3 Å². The summed E-state index contributed by atoms with van der Waals surface area (Å²) < 4.78 is 0. The Balaban J connectivity index is 0.00000272. The van der Waals surface area contributed by atoms with Crippen molar-refractivity contribution in [1.29, 1.82) is 0 Å². The number of carbonyl (C=O) groups excluding carboxylic acids is 3. The van der Waals surface area contributed by atoms with E-state index in [9.17, 15) is 24.3 Å². The Morgan fingerprint density at radius 2 is 2.06 bits per heavy atom. The van der Waals surface area contributed by atoms with Crippen molar-refractivity contribution in [1.82, 2.24) is 20.1 Å². The summed E-state index contributed by atoms with van der Waals surface area (Å²) >= 11 is 3.51. The second-order valence-electron chi connectivity index (χ2n) is 6.80. The maximum atomic E-state index is 12.9. The third kappa shape index (κ3) is 4.12. The quantitative estimate of drug-likeness (QED) is 0.434. The molecule has 4 rings (SSSR count). The number of carbonyl (C=O) groups is 4. The van der Waals surface area contributed by atoms with Gasteiger partial charge in [0.2, 0.25) is 22.9 Å². The monoisotopic (exact) mass is 492 g/mol. The van der Waals surface area contributed by atoms with Gasteiger partial charge in [-0.05, 0) is 0 Å². The predicted molar refractivity (Wildman–Crippen MR) is 118 cm³/mol. The first-order valence-corrected chi connectivity index (χ1v) is 11.5. The first-order chi connectivity index (χ1) is 14.2. The molecule has 2 aromatic rings. The van der Waals surface area contributed by atoms with Crippen molar-refractivity contribution in [3.8, 4) is 0 Å². The molecule has 2 aromatic heterocycles. The molecular formula is C16H17N6NaO5S3. The zero-order valence-corrected chi connectivity index (χ0v) is 18.2. The number of anilines is 2. The van der Waals surface area contributed by atoms with Gasteiger partial charge >= 0.3 is 35.5 Å². The molecule has 4 heterocycles. The number of carboxylic acid groups (broad SMARTS) is 1. The number of rotatable bonds is 5. The number of amides is 3. The third-order valence-electron chi connectivity index (χ3n) is 4.82. The predicted octanol–water partition coefficient (Wildman–Crippen LogP) is -0.0363. The number of aliphatic carboxylic acids is 1. The van der Waals surface area contributed by atoms with Crippen LogP contribution in [0.1, 0.15) is 18.9 Å². The van der Waals surface area contributed by atoms with Gasteiger partial charge in [0.25, 0.3) is 0 Å². The molecule has 3 amide bonds. The number of thioether (sulfide) groups is 1. The first kappa shape index (κ1) is 24.1. The van der Waals surface area contributed by atoms with Gasteiger partial charge in [0.1, 0.15) is 21.8 Å². The number of β-lactam (4-membered cyclic amide) rings is 1. The molecule has 0 spiro atoms. The van der Waals surface area contributed by atoms with Gasteiger partial charge in [-0.25, -0.2) is 4.98 Å². The van der Waals surface area contributed by atoms with Crippen molar-refractivity contribution in [2.75, 3.05) is 22.5 Å². The van der Waals surface area contributed by atoms with Crippen molar-refractivity contribution in [3.05, 3.63) is 16.6 Å². The molecule has 11 nitrogen and oxygen atoms in total.